The maximum absolute atomic E-state index is 13.1. The number of morpholine rings is 2. The van der Waals surface area contributed by atoms with Crippen molar-refractivity contribution in [2.45, 2.75) is 26.4 Å². The molecule has 0 saturated carbocycles. The van der Waals surface area contributed by atoms with E-state index in [1.54, 1.807) is 12.1 Å². The molecule has 2 aromatic carbocycles. The van der Waals surface area contributed by atoms with Gasteiger partial charge in [0, 0.05) is 50.0 Å². The lowest BCUT2D eigenvalue weighted by Crippen LogP contribution is -2.39. The number of carbonyl (C=O) groups excluding carboxylic acids is 2. The van der Waals surface area contributed by atoms with Gasteiger partial charge >= 0.3 is 6.03 Å². The summed E-state index contributed by atoms with van der Waals surface area (Å²) in [7, 11) is 0. The molecule has 35 heavy (non-hydrogen) atoms. The number of hydrogen-bond acceptors (Lipinski definition) is 6. The molecule has 2 aromatic rings. The van der Waals surface area contributed by atoms with Crippen LogP contribution in [0.3, 0.4) is 0 Å². The standard InChI is InChI=1S/C26H35N5O4/c1-19(2)28-26(33)27-18-20-3-5-21(6-4-20)25(32)29-23-8-7-22(30-9-13-34-14-10-30)17-24(23)31-11-15-35-16-12-31/h3-8,17,19H,9-16,18H2,1-2H3,(H,29,32)(H2,27,28,33). The normalized spacial score (nSPS) is 16.2. The lowest BCUT2D eigenvalue weighted by atomic mass is 10.1. The summed E-state index contributed by atoms with van der Waals surface area (Å²) in [5.74, 6) is -0.171. The van der Waals surface area contributed by atoms with Gasteiger partial charge in [0.15, 0.2) is 0 Å². The molecule has 0 aromatic heterocycles. The fourth-order valence-electron chi connectivity index (χ4n) is 4.17. The van der Waals surface area contributed by atoms with Crippen molar-refractivity contribution in [2.24, 2.45) is 0 Å². The molecule has 2 aliphatic rings. The minimum absolute atomic E-state index is 0.0753. The first kappa shape index (κ1) is 24.8. The van der Waals surface area contributed by atoms with Gasteiger partial charge in [0.1, 0.15) is 0 Å². The molecule has 9 heteroatoms. The molecular weight excluding hydrogens is 446 g/mol. The number of carbonyl (C=O) groups is 2. The van der Waals surface area contributed by atoms with Gasteiger partial charge in [-0.05, 0) is 49.7 Å². The summed E-state index contributed by atoms with van der Waals surface area (Å²) in [6.07, 6.45) is 0. The number of amides is 3. The Morgan fingerprint density at radius 1 is 0.886 bits per heavy atom. The number of nitrogens with one attached hydrogen (secondary N) is 3. The highest BCUT2D eigenvalue weighted by Gasteiger charge is 2.20. The quantitative estimate of drug-likeness (QED) is 0.563. The Labute approximate surface area is 206 Å². The fraction of sp³-hybridized carbons (Fsp3) is 0.462. The van der Waals surface area contributed by atoms with Crippen LogP contribution in [-0.4, -0.2) is 70.6 Å². The second-order valence-electron chi connectivity index (χ2n) is 9.03. The second kappa shape index (κ2) is 11.9. The van der Waals surface area contributed by atoms with E-state index < -0.39 is 0 Å². The van der Waals surface area contributed by atoms with E-state index in [0.29, 0.717) is 25.3 Å². The summed E-state index contributed by atoms with van der Waals surface area (Å²) in [6.45, 7) is 10.3. The van der Waals surface area contributed by atoms with Crippen molar-refractivity contribution >= 4 is 29.0 Å². The van der Waals surface area contributed by atoms with Crippen molar-refractivity contribution in [3.05, 3.63) is 53.6 Å². The molecule has 0 spiro atoms. The average Bonchev–Trinajstić information content (AvgIpc) is 2.88. The Balaban J connectivity index is 1.45. The van der Waals surface area contributed by atoms with Crippen LogP contribution in [0.2, 0.25) is 0 Å². The number of urea groups is 1. The molecule has 2 heterocycles. The van der Waals surface area contributed by atoms with Crippen molar-refractivity contribution in [2.75, 3.05) is 67.7 Å². The first-order chi connectivity index (χ1) is 17.0. The van der Waals surface area contributed by atoms with Gasteiger partial charge < -0.3 is 35.2 Å². The first-order valence-corrected chi connectivity index (χ1v) is 12.2. The van der Waals surface area contributed by atoms with Gasteiger partial charge in [-0.1, -0.05) is 12.1 Å². The Kier molecular flexibility index (Phi) is 8.44. The lowest BCUT2D eigenvalue weighted by molar-refractivity contribution is 0.102. The van der Waals surface area contributed by atoms with Gasteiger partial charge in [-0.3, -0.25) is 4.79 Å². The Hall–Kier alpha value is -3.30. The van der Waals surface area contributed by atoms with E-state index in [2.05, 4.69) is 37.9 Å². The van der Waals surface area contributed by atoms with Gasteiger partial charge in [0.2, 0.25) is 0 Å². The number of anilines is 3. The summed E-state index contributed by atoms with van der Waals surface area (Å²) < 4.78 is 11.0. The van der Waals surface area contributed by atoms with Crippen LogP contribution < -0.4 is 25.8 Å². The van der Waals surface area contributed by atoms with Crippen molar-refractivity contribution in [3.63, 3.8) is 0 Å². The van der Waals surface area contributed by atoms with Gasteiger partial charge in [-0.2, -0.15) is 0 Å². The van der Waals surface area contributed by atoms with Crippen molar-refractivity contribution in [1.29, 1.82) is 0 Å². The Bertz CT molecular complexity index is 999. The van der Waals surface area contributed by atoms with Crippen LogP contribution in [0.25, 0.3) is 0 Å². The fourth-order valence-corrected chi connectivity index (χ4v) is 4.17. The molecule has 0 bridgehead atoms. The highest BCUT2D eigenvalue weighted by atomic mass is 16.5. The smallest absolute Gasteiger partial charge is 0.315 e. The first-order valence-electron chi connectivity index (χ1n) is 12.2. The van der Waals surface area contributed by atoms with Gasteiger partial charge in [-0.25, -0.2) is 4.79 Å². The van der Waals surface area contributed by atoms with E-state index in [-0.39, 0.29) is 18.0 Å². The van der Waals surface area contributed by atoms with Crippen LogP contribution in [-0.2, 0) is 16.0 Å². The van der Waals surface area contributed by atoms with Crippen LogP contribution in [0, 0.1) is 0 Å². The minimum Gasteiger partial charge on any atom is -0.378 e. The Morgan fingerprint density at radius 2 is 1.51 bits per heavy atom. The summed E-state index contributed by atoms with van der Waals surface area (Å²) in [5.41, 5.74) is 4.40. The molecular formula is C26H35N5O4. The van der Waals surface area contributed by atoms with Crippen molar-refractivity contribution < 1.29 is 19.1 Å². The summed E-state index contributed by atoms with van der Waals surface area (Å²) >= 11 is 0. The molecule has 0 unspecified atom stereocenters. The molecule has 0 aliphatic carbocycles. The molecule has 2 aliphatic heterocycles. The second-order valence-corrected chi connectivity index (χ2v) is 9.03. The SMILES string of the molecule is CC(C)NC(=O)NCc1ccc(C(=O)Nc2ccc(N3CCOCC3)cc2N2CCOCC2)cc1. The topological polar surface area (TPSA) is 95.2 Å². The predicted molar refractivity (Wildman–Crippen MR) is 137 cm³/mol. The number of benzene rings is 2. The van der Waals surface area contributed by atoms with Gasteiger partial charge in [0.25, 0.3) is 5.91 Å². The zero-order valence-electron chi connectivity index (χ0n) is 20.5. The molecule has 0 atom stereocenters. The maximum Gasteiger partial charge on any atom is 0.315 e. The molecule has 2 fully saturated rings. The molecule has 188 valence electrons. The summed E-state index contributed by atoms with van der Waals surface area (Å²) in [6, 6.07) is 13.3. The summed E-state index contributed by atoms with van der Waals surface area (Å²) in [5, 5.41) is 8.71. The molecule has 3 amide bonds. The van der Waals surface area contributed by atoms with Crippen molar-refractivity contribution in [3.8, 4) is 0 Å². The third-order valence-electron chi connectivity index (χ3n) is 6.05. The average molecular weight is 482 g/mol. The molecule has 0 radical (unpaired) electrons. The maximum atomic E-state index is 13.1. The lowest BCUT2D eigenvalue weighted by Gasteiger charge is -2.33. The molecule has 2 saturated heterocycles. The minimum atomic E-state index is -0.210. The third kappa shape index (κ3) is 6.86. The van der Waals surface area contributed by atoms with Gasteiger partial charge in [0.05, 0.1) is 37.8 Å². The van der Waals surface area contributed by atoms with E-state index in [1.807, 2.05) is 32.0 Å². The monoisotopic (exact) mass is 481 g/mol. The summed E-state index contributed by atoms with van der Waals surface area (Å²) in [4.78, 5) is 29.4. The number of nitrogens with zero attached hydrogens (tertiary/aromatic N) is 2. The van der Waals surface area contributed by atoms with E-state index in [4.69, 9.17) is 9.47 Å². The van der Waals surface area contributed by atoms with Crippen molar-refractivity contribution in [1.82, 2.24) is 10.6 Å². The van der Waals surface area contributed by atoms with Gasteiger partial charge in [-0.15, -0.1) is 0 Å². The highest BCUT2D eigenvalue weighted by molar-refractivity contribution is 6.06. The van der Waals surface area contributed by atoms with Crippen LogP contribution in [0.1, 0.15) is 29.8 Å². The van der Waals surface area contributed by atoms with Crippen LogP contribution in [0.15, 0.2) is 42.5 Å². The van der Waals surface area contributed by atoms with E-state index in [0.717, 1.165) is 62.0 Å². The molecule has 3 N–H and O–H groups in total. The number of ether oxygens (including phenoxy) is 2. The van der Waals surface area contributed by atoms with Crippen LogP contribution >= 0.6 is 0 Å². The van der Waals surface area contributed by atoms with E-state index in [1.165, 1.54) is 0 Å². The Morgan fingerprint density at radius 3 is 2.14 bits per heavy atom. The van der Waals surface area contributed by atoms with Crippen LogP contribution in [0.5, 0.6) is 0 Å². The zero-order chi connectivity index (χ0) is 24.6. The third-order valence-corrected chi connectivity index (χ3v) is 6.05. The number of rotatable bonds is 7. The predicted octanol–water partition coefficient (Wildman–Crippen LogP) is 2.82. The van der Waals surface area contributed by atoms with Crippen LogP contribution in [0.4, 0.5) is 21.9 Å². The van der Waals surface area contributed by atoms with E-state index >= 15 is 0 Å². The highest BCUT2D eigenvalue weighted by Crippen LogP contribution is 2.32. The molecule has 4 rings (SSSR count). The largest absolute Gasteiger partial charge is 0.378 e. The molecule has 9 nitrogen and oxygen atoms in total. The number of hydrogen-bond donors (Lipinski definition) is 3. The van der Waals surface area contributed by atoms with E-state index in [9.17, 15) is 9.59 Å². The zero-order valence-corrected chi connectivity index (χ0v) is 20.5.